The maximum atomic E-state index is 12.5. The van der Waals surface area contributed by atoms with Gasteiger partial charge < -0.3 is 9.72 Å². The van der Waals surface area contributed by atoms with Crippen molar-refractivity contribution >= 4 is 38.7 Å². The molecule has 1 aromatic heterocycles. The molecular formula is C18H11BrN4O5. The molecule has 0 atom stereocenters. The van der Waals surface area contributed by atoms with Gasteiger partial charge in [-0.15, -0.1) is 11.1 Å². The number of nitro benzene ring substituents is 1. The van der Waals surface area contributed by atoms with Gasteiger partial charge in [0.15, 0.2) is 0 Å². The van der Waals surface area contributed by atoms with Crippen molar-refractivity contribution in [2.75, 3.05) is 6.61 Å². The molecule has 28 heavy (non-hydrogen) atoms. The predicted octanol–water partition coefficient (Wildman–Crippen LogP) is 2.25. The zero-order chi connectivity index (χ0) is 20.3. The molecule has 0 saturated carbocycles. The Morgan fingerprint density at radius 3 is 2.82 bits per heavy atom. The van der Waals surface area contributed by atoms with Crippen LogP contribution in [0.4, 0.5) is 5.69 Å². The van der Waals surface area contributed by atoms with E-state index >= 15 is 0 Å². The minimum Gasteiger partial charge on any atom is -0.473 e. The van der Waals surface area contributed by atoms with Gasteiger partial charge in [0, 0.05) is 11.6 Å². The lowest BCUT2D eigenvalue weighted by molar-refractivity contribution is -0.385. The van der Waals surface area contributed by atoms with Crippen molar-refractivity contribution in [3.05, 3.63) is 77.4 Å². The maximum Gasteiger partial charge on any atom is 0.349 e. The van der Waals surface area contributed by atoms with Gasteiger partial charge in [0.1, 0.15) is 6.61 Å². The van der Waals surface area contributed by atoms with Gasteiger partial charge in [-0.25, -0.2) is 4.79 Å². The van der Waals surface area contributed by atoms with Gasteiger partial charge in [-0.05, 0) is 34.1 Å². The molecule has 0 bridgehead atoms. The molecule has 0 saturated heterocycles. The van der Waals surface area contributed by atoms with Gasteiger partial charge in [-0.2, -0.15) is 5.10 Å². The second-order valence-corrected chi connectivity index (χ2v) is 6.29. The average Bonchev–Trinajstić information content (AvgIpc) is 2.66. The summed E-state index contributed by atoms with van der Waals surface area (Å²) >= 11 is 3.19. The predicted molar refractivity (Wildman–Crippen MR) is 107 cm³/mol. The van der Waals surface area contributed by atoms with Crippen LogP contribution in [-0.2, 0) is 0 Å². The number of rotatable bonds is 5. The Morgan fingerprint density at radius 2 is 2.11 bits per heavy atom. The van der Waals surface area contributed by atoms with Crippen molar-refractivity contribution in [3.63, 3.8) is 0 Å². The van der Waals surface area contributed by atoms with E-state index < -0.39 is 16.2 Å². The Balaban J connectivity index is 2.07. The van der Waals surface area contributed by atoms with Crippen LogP contribution in [0, 0.1) is 22.5 Å². The van der Waals surface area contributed by atoms with Crippen molar-refractivity contribution in [3.8, 4) is 18.1 Å². The van der Waals surface area contributed by atoms with Gasteiger partial charge in [0.05, 0.1) is 26.5 Å². The van der Waals surface area contributed by atoms with Gasteiger partial charge in [0.2, 0.25) is 5.75 Å². The van der Waals surface area contributed by atoms with Gasteiger partial charge in [-0.1, -0.05) is 18.1 Å². The first kappa shape index (κ1) is 19.1. The number of nitrogens with zero attached hydrogens (tertiary/aromatic N) is 3. The molecule has 3 rings (SSSR count). The number of fused-ring (bicyclic) bond motifs is 1. The number of nitro groups is 1. The fourth-order valence-corrected chi connectivity index (χ4v) is 3.03. The minimum atomic E-state index is -0.734. The SMILES string of the molecule is C#CCOc1c(Br)cc(C=Nn2c(=O)[nH]c3ccccc3c2=O)cc1[N+](=O)[O-]. The van der Waals surface area contributed by atoms with E-state index in [0.717, 1.165) is 6.21 Å². The van der Waals surface area contributed by atoms with E-state index in [2.05, 4.69) is 31.9 Å². The highest BCUT2D eigenvalue weighted by atomic mass is 79.9. The monoisotopic (exact) mass is 442 g/mol. The third-order valence-electron chi connectivity index (χ3n) is 3.65. The molecule has 2 aromatic carbocycles. The third-order valence-corrected chi connectivity index (χ3v) is 4.24. The molecular weight excluding hydrogens is 432 g/mol. The van der Waals surface area contributed by atoms with Crippen molar-refractivity contribution in [1.82, 2.24) is 9.66 Å². The van der Waals surface area contributed by atoms with Crippen LogP contribution in [0.2, 0.25) is 0 Å². The van der Waals surface area contributed by atoms with Crippen LogP contribution in [0.3, 0.4) is 0 Å². The first-order chi connectivity index (χ1) is 13.4. The van der Waals surface area contributed by atoms with E-state index in [0.29, 0.717) is 10.2 Å². The lowest BCUT2D eigenvalue weighted by Crippen LogP contribution is -2.32. The van der Waals surface area contributed by atoms with Gasteiger partial charge >= 0.3 is 11.4 Å². The van der Waals surface area contributed by atoms with Gasteiger partial charge in [0.25, 0.3) is 5.56 Å². The molecule has 0 radical (unpaired) electrons. The zero-order valence-corrected chi connectivity index (χ0v) is 15.7. The van der Waals surface area contributed by atoms with Crippen molar-refractivity contribution in [1.29, 1.82) is 0 Å². The first-order valence-corrected chi connectivity index (χ1v) is 8.54. The molecule has 1 N–H and O–H groups in total. The quantitative estimate of drug-likeness (QED) is 0.281. The van der Waals surface area contributed by atoms with Crippen molar-refractivity contribution in [2.45, 2.75) is 0 Å². The summed E-state index contributed by atoms with van der Waals surface area (Å²) in [6.45, 7) is -0.144. The smallest absolute Gasteiger partial charge is 0.349 e. The molecule has 3 aromatic rings. The second-order valence-electron chi connectivity index (χ2n) is 5.44. The molecule has 0 aliphatic heterocycles. The number of para-hydroxylation sites is 1. The van der Waals surface area contributed by atoms with E-state index in [9.17, 15) is 19.7 Å². The highest BCUT2D eigenvalue weighted by Gasteiger charge is 2.20. The van der Waals surface area contributed by atoms with Crippen LogP contribution in [0.1, 0.15) is 5.56 Å². The molecule has 1 heterocycles. The molecule has 9 nitrogen and oxygen atoms in total. The summed E-state index contributed by atoms with van der Waals surface area (Å²) in [5, 5.41) is 15.5. The second kappa shape index (κ2) is 7.89. The van der Waals surface area contributed by atoms with E-state index in [4.69, 9.17) is 11.2 Å². The summed E-state index contributed by atoms with van der Waals surface area (Å²) in [6, 6.07) is 9.18. The molecule has 0 unspecified atom stereocenters. The fraction of sp³-hybridized carbons (Fsp3) is 0.0556. The summed E-state index contributed by atoms with van der Waals surface area (Å²) in [5.74, 6) is 2.20. The maximum absolute atomic E-state index is 12.5. The Bertz CT molecular complexity index is 1270. The summed E-state index contributed by atoms with van der Waals surface area (Å²) in [5.41, 5.74) is -1.03. The average molecular weight is 443 g/mol. The van der Waals surface area contributed by atoms with Crippen LogP contribution in [-0.4, -0.2) is 27.4 Å². The number of hydrogen-bond donors (Lipinski definition) is 1. The molecule has 10 heteroatoms. The largest absolute Gasteiger partial charge is 0.473 e. The van der Waals surface area contributed by atoms with Crippen LogP contribution in [0.15, 0.2) is 55.6 Å². The van der Waals surface area contributed by atoms with Crippen LogP contribution < -0.4 is 16.0 Å². The summed E-state index contributed by atoms with van der Waals surface area (Å²) in [7, 11) is 0. The van der Waals surface area contributed by atoms with Crippen molar-refractivity contribution in [2.24, 2.45) is 5.10 Å². The lowest BCUT2D eigenvalue weighted by Gasteiger charge is -2.07. The standard InChI is InChI=1S/C18H11BrN4O5/c1-2-7-28-16-13(19)8-11(9-15(16)23(26)27)10-20-22-17(24)12-5-3-4-6-14(12)21-18(22)25/h1,3-6,8-10H,7H2,(H,21,25). The van der Waals surface area contributed by atoms with E-state index in [1.54, 1.807) is 24.3 Å². The van der Waals surface area contributed by atoms with Crippen LogP contribution >= 0.6 is 15.9 Å². The van der Waals surface area contributed by atoms with Crippen molar-refractivity contribution < 1.29 is 9.66 Å². The highest BCUT2D eigenvalue weighted by Crippen LogP contribution is 2.36. The van der Waals surface area contributed by atoms with E-state index in [-0.39, 0.29) is 33.5 Å². The lowest BCUT2D eigenvalue weighted by atomic mass is 10.2. The minimum absolute atomic E-state index is 0.0270. The molecule has 140 valence electrons. The number of halogens is 1. The van der Waals surface area contributed by atoms with Crippen LogP contribution in [0.5, 0.6) is 5.75 Å². The molecule has 0 aliphatic rings. The number of aromatic amines is 1. The first-order valence-electron chi connectivity index (χ1n) is 7.75. The fourth-order valence-electron chi connectivity index (χ4n) is 2.45. The highest BCUT2D eigenvalue weighted by molar-refractivity contribution is 9.10. The molecule has 0 aliphatic carbocycles. The number of terminal acetylenes is 1. The summed E-state index contributed by atoms with van der Waals surface area (Å²) < 4.78 is 6.12. The topological polar surface area (TPSA) is 120 Å². The molecule has 0 spiro atoms. The number of nitrogens with one attached hydrogen (secondary N) is 1. The third kappa shape index (κ3) is 3.70. The Labute approximate surface area is 165 Å². The van der Waals surface area contributed by atoms with E-state index in [1.165, 1.54) is 12.1 Å². The van der Waals surface area contributed by atoms with E-state index in [1.807, 2.05) is 0 Å². The Morgan fingerprint density at radius 1 is 1.36 bits per heavy atom. The van der Waals surface area contributed by atoms with Crippen LogP contribution in [0.25, 0.3) is 10.9 Å². The number of aromatic nitrogens is 2. The summed E-state index contributed by atoms with van der Waals surface area (Å²) in [4.78, 5) is 37.8. The Hall–Kier alpha value is -3.71. The summed E-state index contributed by atoms with van der Waals surface area (Å²) in [6.07, 6.45) is 6.28. The normalized spacial score (nSPS) is 10.9. The Kier molecular flexibility index (Phi) is 5.37. The van der Waals surface area contributed by atoms with Gasteiger partial charge in [-0.3, -0.25) is 14.9 Å². The zero-order valence-electron chi connectivity index (χ0n) is 14.1. The number of ether oxygens (including phenoxy) is 1. The number of hydrogen-bond acceptors (Lipinski definition) is 6. The number of H-pyrrole nitrogens is 1. The molecule has 0 fully saturated rings. The molecule has 0 amide bonds. The number of benzene rings is 2.